The number of hydrogen-bond donors (Lipinski definition) is 3. The van der Waals surface area contributed by atoms with Gasteiger partial charge >= 0.3 is 0 Å². The minimum Gasteiger partial charge on any atom is -0.497 e. The molecule has 0 heterocycles. The molecule has 1 amide bonds. The Balaban J connectivity index is 2.14. The van der Waals surface area contributed by atoms with E-state index in [1.807, 2.05) is 0 Å². The van der Waals surface area contributed by atoms with Crippen LogP contribution in [0.25, 0.3) is 0 Å². The van der Waals surface area contributed by atoms with E-state index in [2.05, 4.69) is 10.0 Å². The van der Waals surface area contributed by atoms with Crippen molar-refractivity contribution in [3.63, 3.8) is 0 Å². The van der Waals surface area contributed by atoms with Gasteiger partial charge < -0.3 is 19.9 Å². The van der Waals surface area contributed by atoms with E-state index in [0.29, 0.717) is 17.0 Å². The zero-order valence-corrected chi connectivity index (χ0v) is 17.7. The first-order valence-electron chi connectivity index (χ1n) is 8.86. The fourth-order valence-corrected chi connectivity index (χ4v) is 3.79. The highest BCUT2D eigenvalue weighted by molar-refractivity contribution is 7.92. The lowest BCUT2D eigenvalue weighted by Crippen LogP contribution is -2.46. The zero-order valence-electron chi connectivity index (χ0n) is 16.9. The Morgan fingerprint density at radius 1 is 1.07 bits per heavy atom. The van der Waals surface area contributed by atoms with Gasteiger partial charge in [0.15, 0.2) is 0 Å². The Bertz CT molecular complexity index is 955. The molecule has 2 rings (SSSR count). The largest absolute Gasteiger partial charge is 0.497 e. The summed E-state index contributed by atoms with van der Waals surface area (Å²) in [6.45, 7) is 3.26. The Hall–Kier alpha value is -2.78. The van der Waals surface area contributed by atoms with E-state index < -0.39 is 15.6 Å². The molecule has 0 atom stereocenters. The molecule has 0 saturated carbocycles. The van der Waals surface area contributed by atoms with Gasteiger partial charge in [0.25, 0.3) is 10.0 Å². The molecule has 0 saturated heterocycles. The summed E-state index contributed by atoms with van der Waals surface area (Å²) in [6, 6.07) is 11.0. The van der Waals surface area contributed by atoms with E-state index in [1.165, 1.54) is 26.4 Å². The van der Waals surface area contributed by atoms with Gasteiger partial charge in [0, 0.05) is 11.8 Å². The highest BCUT2D eigenvalue weighted by atomic mass is 32.2. The van der Waals surface area contributed by atoms with Crippen molar-refractivity contribution in [3.05, 3.63) is 48.0 Å². The number of ether oxygens (including phenoxy) is 2. The molecule has 0 unspecified atom stereocenters. The van der Waals surface area contributed by atoms with Crippen LogP contribution in [0, 0.1) is 0 Å². The van der Waals surface area contributed by atoms with Crippen molar-refractivity contribution in [1.29, 1.82) is 0 Å². The molecule has 2 aromatic carbocycles. The van der Waals surface area contributed by atoms with Crippen molar-refractivity contribution in [1.82, 2.24) is 5.32 Å². The van der Waals surface area contributed by atoms with Crippen LogP contribution in [0.1, 0.15) is 19.4 Å². The fourth-order valence-electron chi connectivity index (χ4n) is 2.54. The number of carbonyl (C=O) groups excluding carboxylic acids is 1. The minimum atomic E-state index is -3.91. The number of methoxy groups -OCH3 is 2. The summed E-state index contributed by atoms with van der Waals surface area (Å²) in [4.78, 5) is 12.0. The summed E-state index contributed by atoms with van der Waals surface area (Å²) in [5.41, 5.74) is 0.343. The third kappa shape index (κ3) is 6.10. The summed E-state index contributed by atoms with van der Waals surface area (Å²) >= 11 is 0. The number of aliphatic hydroxyl groups excluding tert-OH is 1. The lowest BCUT2D eigenvalue weighted by Gasteiger charge is -2.23. The van der Waals surface area contributed by atoms with E-state index in [4.69, 9.17) is 9.47 Å². The van der Waals surface area contributed by atoms with Crippen LogP contribution in [-0.4, -0.2) is 45.8 Å². The van der Waals surface area contributed by atoms with E-state index in [9.17, 15) is 18.3 Å². The predicted molar refractivity (Wildman–Crippen MR) is 110 cm³/mol. The third-order valence-corrected chi connectivity index (χ3v) is 5.51. The average molecular weight is 423 g/mol. The first kappa shape index (κ1) is 22.5. The Labute approximate surface area is 170 Å². The van der Waals surface area contributed by atoms with Crippen molar-refractivity contribution in [2.24, 2.45) is 0 Å². The number of sulfonamides is 1. The second-order valence-electron chi connectivity index (χ2n) is 7.09. The van der Waals surface area contributed by atoms with Crippen LogP contribution in [0.5, 0.6) is 11.5 Å². The molecule has 0 aliphatic heterocycles. The number of amides is 1. The summed E-state index contributed by atoms with van der Waals surface area (Å²) < 4.78 is 38.3. The summed E-state index contributed by atoms with van der Waals surface area (Å²) in [5, 5.41) is 11.9. The van der Waals surface area contributed by atoms with Gasteiger partial charge in [0.05, 0.1) is 32.8 Å². The van der Waals surface area contributed by atoms with Gasteiger partial charge in [-0.05, 0) is 43.7 Å². The number of nitrogens with one attached hydrogen (secondary N) is 2. The van der Waals surface area contributed by atoms with Gasteiger partial charge in [-0.2, -0.15) is 0 Å². The van der Waals surface area contributed by atoms with E-state index in [0.717, 1.165) is 0 Å². The van der Waals surface area contributed by atoms with Crippen LogP contribution >= 0.6 is 0 Å². The number of aliphatic hydroxyl groups is 1. The SMILES string of the molecule is COc1ccc(OC)c(S(=O)(=O)Nc2ccc(CC(=O)NC(C)(C)CO)cc2)c1. The summed E-state index contributed by atoms with van der Waals surface area (Å²) in [5.74, 6) is 0.343. The molecule has 29 heavy (non-hydrogen) atoms. The normalized spacial score (nSPS) is 11.6. The molecule has 0 bridgehead atoms. The van der Waals surface area contributed by atoms with Gasteiger partial charge in [-0.25, -0.2) is 8.42 Å². The van der Waals surface area contributed by atoms with Gasteiger partial charge in [0.1, 0.15) is 16.4 Å². The molecule has 0 radical (unpaired) electrons. The Morgan fingerprint density at radius 3 is 2.28 bits per heavy atom. The molecule has 0 spiro atoms. The van der Waals surface area contributed by atoms with Crippen LogP contribution in [0.4, 0.5) is 5.69 Å². The Morgan fingerprint density at radius 2 is 1.72 bits per heavy atom. The number of benzene rings is 2. The zero-order chi connectivity index (χ0) is 21.7. The first-order valence-corrected chi connectivity index (χ1v) is 10.3. The maximum Gasteiger partial charge on any atom is 0.265 e. The molecule has 0 aliphatic carbocycles. The van der Waals surface area contributed by atoms with Crippen molar-refractivity contribution >= 4 is 21.6 Å². The van der Waals surface area contributed by atoms with Gasteiger partial charge in [-0.15, -0.1) is 0 Å². The molecule has 0 fully saturated rings. The standard InChI is InChI=1S/C20H26N2O6S/c1-20(2,13-23)21-19(24)11-14-5-7-15(8-6-14)22-29(25,26)18-12-16(27-3)9-10-17(18)28-4/h5-10,12,22-23H,11,13H2,1-4H3,(H,21,24). The molecule has 0 aliphatic rings. The van der Waals surface area contributed by atoms with Crippen molar-refractivity contribution in [3.8, 4) is 11.5 Å². The van der Waals surface area contributed by atoms with E-state index in [-0.39, 0.29) is 29.6 Å². The van der Waals surface area contributed by atoms with Crippen LogP contribution < -0.4 is 19.5 Å². The van der Waals surface area contributed by atoms with Crippen LogP contribution in [0.15, 0.2) is 47.4 Å². The summed E-state index contributed by atoms with van der Waals surface area (Å²) in [7, 11) is -1.08. The highest BCUT2D eigenvalue weighted by Gasteiger charge is 2.21. The summed E-state index contributed by atoms with van der Waals surface area (Å²) in [6.07, 6.45) is 0.111. The molecular weight excluding hydrogens is 396 g/mol. The van der Waals surface area contributed by atoms with E-state index in [1.54, 1.807) is 44.2 Å². The lowest BCUT2D eigenvalue weighted by atomic mass is 10.1. The topological polar surface area (TPSA) is 114 Å². The molecule has 8 nitrogen and oxygen atoms in total. The molecule has 9 heteroatoms. The van der Waals surface area contributed by atoms with Crippen LogP contribution in [0.3, 0.4) is 0 Å². The number of anilines is 1. The maximum absolute atomic E-state index is 12.8. The lowest BCUT2D eigenvalue weighted by molar-refractivity contribution is -0.122. The number of hydrogen-bond acceptors (Lipinski definition) is 6. The second-order valence-corrected chi connectivity index (χ2v) is 8.74. The first-order chi connectivity index (χ1) is 13.6. The molecular formula is C20H26N2O6S. The van der Waals surface area contributed by atoms with Crippen molar-refractivity contribution < 1.29 is 27.8 Å². The smallest absolute Gasteiger partial charge is 0.265 e. The monoisotopic (exact) mass is 422 g/mol. The molecule has 3 N–H and O–H groups in total. The number of rotatable bonds is 9. The number of carbonyl (C=O) groups is 1. The maximum atomic E-state index is 12.8. The van der Waals surface area contributed by atoms with Gasteiger partial charge in [-0.1, -0.05) is 12.1 Å². The molecule has 158 valence electrons. The van der Waals surface area contributed by atoms with Crippen LogP contribution in [-0.2, 0) is 21.2 Å². The third-order valence-electron chi connectivity index (χ3n) is 4.10. The predicted octanol–water partition coefficient (Wildman–Crippen LogP) is 1.93. The molecule has 0 aromatic heterocycles. The highest BCUT2D eigenvalue weighted by Crippen LogP contribution is 2.29. The second kappa shape index (κ2) is 9.15. The van der Waals surface area contributed by atoms with E-state index >= 15 is 0 Å². The molecule has 2 aromatic rings. The van der Waals surface area contributed by atoms with Crippen molar-refractivity contribution in [2.75, 3.05) is 25.5 Å². The minimum absolute atomic E-state index is 0.0472. The Kier molecular flexibility index (Phi) is 7.10. The average Bonchev–Trinajstić information content (AvgIpc) is 2.68. The quantitative estimate of drug-likeness (QED) is 0.569. The van der Waals surface area contributed by atoms with Crippen LogP contribution in [0.2, 0.25) is 0 Å². The van der Waals surface area contributed by atoms with Crippen molar-refractivity contribution in [2.45, 2.75) is 30.7 Å². The van der Waals surface area contributed by atoms with Gasteiger partial charge in [0.2, 0.25) is 5.91 Å². The fraction of sp³-hybridized carbons (Fsp3) is 0.350. The van der Waals surface area contributed by atoms with Gasteiger partial charge in [-0.3, -0.25) is 9.52 Å².